The summed E-state index contributed by atoms with van der Waals surface area (Å²) in [6.07, 6.45) is 2.01. The summed E-state index contributed by atoms with van der Waals surface area (Å²) in [5.74, 6) is 1.30. The van der Waals surface area contributed by atoms with E-state index < -0.39 is 0 Å². The quantitative estimate of drug-likeness (QED) is 0.915. The van der Waals surface area contributed by atoms with Crippen molar-refractivity contribution in [2.24, 2.45) is 0 Å². The first-order chi connectivity index (χ1) is 9.63. The Morgan fingerprint density at radius 1 is 1.40 bits per heavy atom. The highest BCUT2D eigenvalue weighted by Gasteiger charge is 2.25. The van der Waals surface area contributed by atoms with Crippen LogP contribution in [0.25, 0.3) is 11.4 Å². The fraction of sp³-hybridized carbons (Fsp3) is 0.467. The normalized spacial score (nSPS) is 22.9. The zero-order valence-corrected chi connectivity index (χ0v) is 11.7. The number of nitrogens with zero attached hydrogens (tertiary/aromatic N) is 2. The summed E-state index contributed by atoms with van der Waals surface area (Å²) in [5, 5.41) is 7.45. The Bertz CT molecular complexity index is 611. The first kappa shape index (κ1) is 13.2. The van der Waals surface area contributed by atoms with Crippen molar-refractivity contribution < 1.29 is 8.91 Å². The third kappa shape index (κ3) is 2.58. The predicted octanol–water partition coefficient (Wildman–Crippen LogP) is 3.04. The summed E-state index contributed by atoms with van der Waals surface area (Å²) in [7, 11) is 0. The highest BCUT2D eigenvalue weighted by Crippen LogP contribution is 2.29. The van der Waals surface area contributed by atoms with Crippen molar-refractivity contribution in [1.29, 1.82) is 0 Å². The number of piperidine rings is 1. The third-order valence-electron chi connectivity index (χ3n) is 3.84. The molecule has 1 fully saturated rings. The van der Waals surface area contributed by atoms with Gasteiger partial charge in [-0.05, 0) is 57.0 Å². The zero-order valence-electron chi connectivity index (χ0n) is 11.7. The van der Waals surface area contributed by atoms with Crippen molar-refractivity contribution in [1.82, 2.24) is 15.5 Å². The molecule has 1 aliphatic heterocycles. The average molecular weight is 275 g/mol. The molecule has 20 heavy (non-hydrogen) atoms. The van der Waals surface area contributed by atoms with Gasteiger partial charge in [-0.15, -0.1) is 0 Å². The molecule has 0 bridgehead atoms. The highest BCUT2D eigenvalue weighted by molar-refractivity contribution is 5.59. The monoisotopic (exact) mass is 275 g/mol. The molecule has 1 saturated heterocycles. The fourth-order valence-electron chi connectivity index (χ4n) is 2.74. The maximum atomic E-state index is 13.1. The first-order valence-electron chi connectivity index (χ1n) is 6.97. The molecule has 4 nitrogen and oxygen atoms in total. The molecule has 5 heteroatoms. The number of aryl methyl sites for hydroxylation is 1. The highest BCUT2D eigenvalue weighted by atomic mass is 19.1. The van der Waals surface area contributed by atoms with E-state index in [0.717, 1.165) is 30.5 Å². The van der Waals surface area contributed by atoms with Gasteiger partial charge in [-0.2, -0.15) is 4.98 Å². The largest absolute Gasteiger partial charge is 0.339 e. The van der Waals surface area contributed by atoms with Crippen LogP contribution in [-0.2, 0) is 0 Å². The minimum atomic E-state index is -0.248. The van der Waals surface area contributed by atoms with E-state index in [4.69, 9.17) is 4.52 Å². The number of halogens is 1. The van der Waals surface area contributed by atoms with Crippen LogP contribution in [-0.4, -0.2) is 22.7 Å². The van der Waals surface area contributed by atoms with Crippen molar-refractivity contribution in [3.8, 4) is 11.4 Å². The zero-order chi connectivity index (χ0) is 14.1. The smallest absolute Gasteiger partial charge is 0.230 e. The molecule has 0 spiro atoms. The third-order valence-corrected chi connectivity index (χ3v) is 3.84. The van der Waals surface area contributed by atoms with Gasteiger partial charge in [0.1, 0.15) is 5.82 Å². The van der Waals surface area contributed by atoms with Crippen LogP contribution in [0.3, 0.4) is 0 Å². The fourth-order valence-corrected chi connectivity index (χ4v) is 2.74. The molecule has 1 aliphatic rings. The second kappa shape index (κ2) is 5.32. The van der Waals surface area contributed by atoms with Gasteiger partial charge in [0.05, 0.1) is 0 Å². The van der Waals surface area contributed by atoms with E-state index in [1.165, 1.54) is 12.1 Å². The number of aromatic nitrogens is 2. The second-order valence-electron chi connectivity index (χ2n) is 5.49. The Hall–Kier alpha value is -1.75. The van der Waals surface area contributed by atoms with Crippen molar-refractivity contribution >= 4 is 0 Å². The van der Waals surface area contributed by atoms with Gasteiger partial charge >= 0.3 is 0 Å². The van der Waals surface area contributed by atoms with Crippen LogP contribution in [0, 0.1) is 12.7 Å². The van der Waals surface area contributed by atoms with Crippen molar-refractivity contribution in [3.63, 3.8) is 0 Å². The summed E-state index contributed by atoms with van der Waals surface area (Å²) in [6.45, 7) is 4.98. The van der Waals surface area contributed by atoms with E-state index in [9.17, 15) is 4.39 Å². The molecule has 2 unspecified atom stereocenters. The minimum absolute atomic E-state index is 0.248. The lowest BCUT2D eigenvalue weighted by atomic mass is 9.93. The van der Waals surface area contributed by atoms with E-state index in [1.807, 2.05) is 6.92 Å². The maximum Gasteiger partial charge on any atom is 0.230 e. The molecular formula is C15H18FN3O. The molecule has 2 atom stereocenters. The van der Waals surface area contributed by atoms with Crippen LogP contribution in [0.2, 0.25) is 0 Å². The van der Waals surface area contributed by atoms with Crippen LogP contribution in [0.1, 0.15) is 37.1 Å². The predicted molar refractivity (Wildman–Crippen MR) is 73.9 cm³/mol. The van der Waals surface area contributed by atoms with E-state index in [1.54, 1.807) is 6.07 Å². The molecule has 2 heterocycles. The summed E-state index contributed by atoms with van der Waals surface area (Å²) in [4.78, 5) is 4.50. The average Bonchev–Trinajstić information content (AvgIpc) is 2.88. The summed E-state index contributed by atoms with van der Waals surface area (Å²) in [6, 6.07) is 5.07. The van der Waals surface area contributed by atoms with E-state index in [-0.39, 0.29) is 5.82 Å². The van der Waals surface area contributed by atoms with Crippen LogP contribution in [0.4, 0.5) is 4.39 Å². The maximum absolute atomic E-state index is 13.1. The van der Waals surface area contributed by atoms with Gasteiger partial charge in [0.15, 0.2) is 0 Å². The second-order valence-corrected chi connectivity index (χ2v) is 5.49. The van der Waals surface area contributed by atoms with Gasteiger partial charge in [0.25, 0.3) is 0 Å². The molecule has 1 aromatic carbocycles. The van der Waals surface area contributed by atoms with Crippen molar-refractivity contribution in [3.05, 3.63) is 35.5 Å². The number of hydrogen-bond donors (Lipinski definition) is 1. The number of nitrogens with one attached hydrogen (secondary N) is 1. The van der Waals surface area contributed by atoms with Crippen LogP contribution >= 0.6 is 0 Å². The van der Waals surface area contributed by atoms with Crippen LogP contribution in [0.15, 0.2) is 22.7 Å². The molecule has 0 saturated carbocycles. The van der Waals surface area contributed by atoms with E-state index in [2.05, 4.69) is 22.4 Å². The SMILES string of the molecule is Cc1cc(F)ccc1-c1noc(C2CCNC(C)C2)n1. The summed E-state index contributed by atoms with van der Waals surface area (Å²) < 4.78 is 18.5. The lowest BCUT2D eigenvalue weighted by Gasteiger charge is -2.25. The lowest BCUT2D eigenvalue weighted by Crippen LogP contribution is -2.34. The van der Waals surface area contributed by atoms with Gasteiger partial charge in [-0.25, -0.2) is 4.39 Å². The molecule has 0 amide bonds. The Morgan fingerprint density at radius 2 is 2.25 bits per heavy atom. The van der Waals surface area contributed by atoms with Crippen LogP contribution < -0.4 is 5.32 Å². The molecule has 2 aromatic rings. The number of rotatable bonds is 2. The number of hydrogen-bond acceptors (Lipinski definition) is 4. The molecule has 1 N–H and O–H groups in total. The Morgan fingerprint density at radius 3 is 3.00 bits per heavy atom. The molecule has 1 aromatic heterocycles. The Balaban J connectivity index is 1.86. The molecule has 0 aliphatic carbocycles. The summed E-state index contributed by atoms with van der Waals surface area (Å²) in [5.41, 5.74) is 1.64. The number of benzene rings is 1. The lowest BCUT2D eigenvalue weighted by molar-refractivity contribution is 0.295. The standard InChI is InChI=1S/C15H18FN3O/c1-9-7-12(16)3-4-13(9)14-18-15(20-19-14)11-5-6-17-10(2)8-11/h3-4,7,10-11,17H,5-6,8H2,1-2H3. The minimum Gasteiger partial charge on any atom is -0.339 e. The molecular weight excluding hydrogens is 257 g/mol. The molecule has 3 rings (SSSR count). The van der Waals surface area contributed by atoms with E-state index >= 15 is 0 Å². The van der Waals surface area contributed by atoms with Gasteiger partial charge in [0, 0.05) is 17.5 Å². The molecule has 0 radical (unpaired) electrons. The van der Waals surface area contributed by atoms with Crippen LogP contribution in [0.5, 0.6) is 0 Å². The first-order valence-corrected chi connectivity index (χ1v) is 6.97. The Kier molecular flexibility index (Phi) is 3.53. The summed E-state index contributed by atoms with van der Waals surface area (Å²) >= 11 is 0. The van der Waals surface area contributed by atoms with E-state index in [0.29, 0.717) is 23.7 Å². The van der Waals surface area contributed by atoms with Gasteiger partial charge in [0.2, 0.25) is 11.7 Å². The molecule has 106 valence electrons. The van der Waals surface area contributed by atoms with Crippen molar-refractivity contribution in [2.45, 2.75) is 38.6 Å². The topological polar surface area (TPSA) is 51.0 Å². The van der Waals surface area contributed by atoms with Gasteiger partial charge in [-0.1, -0.05) is 5.16 Å². The Labute approximate surface area is 117 Å². The van der Waals surface area contributed by atoms with Crippen molar-refractivity contribution in [2.75, 3.05) is 6.54 Å². The van der Waals surface area contributed by atoms with Gasteiger partial charge in [-0.3, -0.25) is 0 Å². The van der Waals surface area contributed by atoms with Gasteiger partial charge < -0.3 is 9.84 Å².